The van der Waals surface area contributed by atoms with Gasteiger partial charge in [0.15, 0.2) is 0 Å². The molecule has 0 radical (unpaired) electrons. The zero-order valence-electron chi connectivity index (χ0n) is 6.15. The summed E-state index contributed by atoms with van der Waals surface area (Å²) in [6, 6.07) is 0. The molecule has 10 heavy (non-hydrogen) atoms. The molecular formula is C5H13NO4. The third kappa shape index (κ3) is 3.76. The van der Waals surface area contributed by atoms with Crippen molar-refractivity contribution in [1.82, 2.24) is 4.90 Å². The van der Waals surface area contributed by atoms with Crippen LogP contribution in [0.4, 0.5) is 0 Å². The summed E-state index contributed by atoms with van der Waals surface area (Å²) in [7, 11) is 3.41. The lowest BCUT2D eigenvalue weighted by atomic mass is 10.8. The van der Waals surface area contributed by atoms with Gasteiger partial charge in [0.1, 0.15) is 13.6 Å². The van der Waals surface area contributed by atoms with Gasteiger partial charge in [0, 0.05) is 0 Å². The van der Waals surface area contributed by atoms with Crippen LogP contribution in [0.3, 0.4) is 0 Å². The number of nitrogens with zero attached hydrogens (tertiary/aromatic N) is 1. The molecule has 62 valence electrons. The third-order valence-electron chi connectivity index (χ3n) is 0.856. The van der Waals surface area contributed by atoms with E-state index in [1.807, 2.05) is 0 Å². The average Bonchev–Trinajstić information content (AvgIpc) is 1.87. The second-order valence-corrected chi connectivity index (χ2v) is 1.86. The first-order valence-electron chi connectivity index (χ1n) is 2.83. The second kappa shape index (κ2) is 5.57. The monoisotopic (exact) mass is 151 g/mol. The summed E-state index contributed by atoms with van der Waals surface area (Å²) in [6.07, 6.45) is -0.685. The minimum Gasteiger partial charge on any atom is -0.370 e. The molecule has 5 heteroatoms. The molecule has 2 N–H and O–H groups in total. The molecule has 0 saturated carbocycles. The SMILES string of the molecule is CN(C)C(OCO)OCO. The number of ether oxygens (including phenoxy) is 2. The van der Waals surface area contributed by atoms with Crippen molar-refractivity contribution >= 4 is 0 Å². The van der Waals surface area contributed by atoms with Gasteiger partial charge in [0.25, 0.3) is 0 Å². The van der Waals surface area contributed by atoms with E-state index in [1.165, 1.54) is 0 Å². The Labute approximate surface area is 59.8 Å². The molecule has 0 fully saturated rings. The molecule has 0 amide bonds. The normalized spacial score (nSPS) is 11.4. The highest BCUT2D eigenvalue weighted by Gasteiger charge is 2.09. The molecule has 0 aliphatic heterocycles. The predicted octanol–water partition coefficient (Wildman–Crippen LogP) is -1.24. The smallest absolute Gasteiger partial charge is 0.222 e. The highest BCUT2D eigenvalue weighted by molar-refractivity contribution is 4.34. The van der Waals surface area contributed by atoms with E-state index < -0.39 is 20.0 Å². The van der Waals surface area contributed by atoms with Crippen LogP contribution in [-0.2, 0) is 9.47 Å². The lowest BCUT2D eigenvalue weighted by Gasteiger charge is -2.21. The molecule has 0 aliphatic rings. The van der Waals surface area contributed by atoms with Crippen LogP contribution in [0.2, 0.25) is 0 Å². The first-order valence-corrected chi connectivity index (χ1v) is 2.83. The van der Waals surface area contributed by atoms with Crippen molar-refractivity contribution in [1.29, 1.82) is 0 Å². The lowest BCUT2D eigenvalue weighted by Crippen LogP contribution is -2.34. The summed E-state index contributed by atoms with van der Waals surface area (Å²) in [5.74, 6) is 0. The molecule has 0 heterocycles. The maximum absolute atomic E-state index is 8.30. The van der Waals surface area contributed by atoms with E-state index in [0.29, 0.717) is 0 Å². The van der Waals surface area contributed by atoms with E-state index in [4.69, 9.17) is 10.2 Å². The molecule has 0 aromatic carbocycles. The molecule has 0 atom stereocenters. The zero-order chi connectivity index (χ0) is 7.98. The Morgan fingerprint density at radius 1 is 1.20 bits per heavy atom. The molecule has 5 nitrogen and oxygen atoms in total. The summed E-state index contributed by atoms with van der Waals surface area (Å²) < 4.78 is 9.29. The number of hydrogen-bond acceptors (Lipinski definition) is 5. The Morgan fingerprint density at radius 2 is 1.60 bits per heavy atom. The standard InChI is InChI=1S/C5H13NO4/c1-6(2)5(9-3-7)10-4-8/h5,7-8H,3-4H2,1-2H3. The molecule has 0 bridgehead atoms. The molecule has 0 aromatic rings. The van der Waals surface area contributed by atoms with Gasteiger partial charge < -0.3 is 19.7 Å². The quantitative estimate of drug-likeness (QED) is 0.481. The molecular weight excluding hydrogens is 138 g/mol. The van der Waals surface area contributed by atoms with Crippen molar-refractivity contribution < 1.29 is 19.7 Å². The van der Waals surface area contributed by atoms with Gasteiger partial charge in [0.2, 0.25) is 6.41 Å². The van der Waals surface area contributed by atoms with Crippen LogP contribution >= 0.6 is 0 Å². The molecule has 0 unspecified atom stereocenters. The lowest BCUT2D eigenvalue weighted by molar-refractivity contribution is -0.261. The maximum Gasteiger partial charge on any atom is 0.222 e. The van der Waals surface area contributed by atoms with Crippen molar-refractivity contribution in [2.75, 3.05) is 27.7 Å². The van der Waals surface area contributed by atoms with E-state index in [2.05, 4.69) is 9.47 Å². The first kappa shape index (κ1) is 9.80. The van der Waals surface area contributed by atoms with Crippen LogP contribution in [0.5, 0.6) is 0 Å². The summed E-state index contributed by atoms with van der Waals surface area (Å²) >= 11 is 0. The fourth-order valence-corrected chi connectivity index (χ4v) is 0.474. The Hall–Kier alpha value is -0.200. The highest BCUT2D eigenvalue weighted by Crippen LogP contribution is 1.95. The van der Waals surface area contributed by atoms with Crippen LogP contribution in [0.1, 0.15) is 0 Å². The van der Waals surface area contributed by atoms with E-state index >= 15 is 0 Å². The van der Waals surface area contributed by atoms with Gasteiger partial charge in [-0.2, -0.15) is 0 Å². The first-order chi connectivity index (χ1) is 4.72. The van der Waals surface area contributed by atoms with Crippen LogP contribution in [0.25, 0.3) is 0 Å². The van der Waals surface area contributed by atoms with E-state index in [9.17, 15) is 0 Å². The van der Waals surface area contributed by atoms with Crippen LogP contribution in [0, 0.1) is 0 Å². The predicted molar refractivity (Wildman–Crippen MR) is 33.8 cm³/mol. The second-order valence-electron chi connectivity index (χ2n) is 1.86. The van der Waals surface area contributed by atoms with Crippen LogP contribution in [-0.4, -0.2) is 49.2 Å². The topological polar surface area (TPSA) is 62.2 Å². The Morgan fingerprint density at radius 3 is 1.80 bits per heavy atom. The number of aliphatic hydroxyl groups is 2. The fourth-order valence-electron chi connectivity index (χ4n) is 0.474. The summed E-state index contributed by atoms with van der Waals surface area (Å²) in [5.41, 5.74) is 0. The number of rotatable bonds is 5. The molecule has 0 rings (SSSR count). The van der Waals surface area contributed by atoms with E-state index in [1.54, 1.807) is 19.0 Å². The van der Waals surface area contributed by atoms with Crippen molar-refractivity contribution in [3.8, 4) is 0 Å². The van der Waals surface area contributed by atoms with E-state index in [0.717, 1.165) is 0 Å². The van der Waals surface area contributed by atoms with Gasteiger partial charge in [-0.1, -0.05) is 0 Å². The minimum absolute atomic E-state index is 0.428. The molecule has 0 aliphatic carbocycles. The van der Waals surface area contributed by atoms with Gasteiger partial charge in [-0.3, -0.25) is 4.90 Å². The van der Waals surface area contributed by atoms with Crippen molar-refractivity contribution in [3.63, 3.8) is 0 Å². The van der Waals surface area contributed by atoms with Crippen molar-refractivity contribution in [2.45, 2.75) is 6.41 Å². The highest BCUT2D eigenvalue weighted by atomic mass is 16.8. The number of aliphatic hydroxyl groups excluding tert-OH is 2. The summed E-state index contributed by atoms with van der Waals surface area (Å²) in [5, 5.41) is 16.6. The third-order valence-corrected chi connectivity index (χ3v) is 0.856. The van der Waals surface area contributed by atoms with Gasteiger partial charge in [-0.05, 0) is 14.1 Å². The Balaban J connectivity index is 3.50. The van der Waals surface area contributed by atoms with Crippen LogP contribution in [0.15, 0.2) is 0 Å². The average molecular weight is 151 g/mol. The number of hydrogen-bond donors (Lipinski definition) is 2. The Bertz CT molecular complexity index is 72.0. The fraction of sp³-hybridized carbons (Fsp3) is 1.00. The maximum atomic E-state index is 8.30. The van der Waals surface area contributed by atoms with Crippen molar-refractivity contribution in [2.24, 2.45) is 0 Å². The summed E-state index contributed by atoms with van der Waals surface area (Å²) in [6.45, 7) is -0.855. The molecule has 0 spiro atoms. The summed E-state index contributed by atoms with van der Waals surface area (Å²) in [4.78, 5) is 1.58. The van der Waals surface area contributed by atoms with Gasteiger partial charge in [-0.15, -0.1) is 0 Å². The van der Waals surface area contributed by atoms with E-state index in [-0.39, 0.29) is 0 Å². The van der Waals surface area contributed by atoms with Crippen LogP contribution < -0.4 is 0 Å². The van der Waals surface area contributed by atoms with Gasteiger partial charge in [0.05, 0.1) is 0 Å². The molecule has 0 aromatic heterocycles. The largest absolute Gasteiger partial charge is 0.370 e. The Kier molecular flexibility index (Phi) is 5.46. The van der Waals surface area contributed by atoms with Crippen molar-refractivity contribution in [3.05, 3.63) is 0 Å². The van der Waals surface area contributed by atoms with Gasteiger partial charge >= 0.3 is 0 Å². The minimum atomic E-state index is -0.685. The van der Waals surface area contributed by atoms with Gasteiger partial charge in [-0.25, -0.2) is 0 Å². The zero-order valence-corrected chi connectivity index (χ0v) is 6.15. The molecule has 0 saturated heterocycles.